The fourth-order valence-electron chi connectivity index (χ4n) is 2.11. The zero-order chi connectivity index (χ0) is 12.5. The van der Waals surface area contributed by atoms with Crippen molar-refractivity contribution in [2.24, 2.45) is 0 Å². The predicted octanol–water partition coefficient (Wildman–Crippen LogP) is 1.43. The Morgan fingerprint density at radius 2 is 2.24 bits per heavy atom. The first kappa shape index (κ1) is 12.6. The Hall–Kier alpha value is -0.870. The van der Waals surface area contributed by atoms with E-state index < -0.39 is 0 Å². The van der Waals surface area contributed by atoms with E-state index in [1.54, 1.807) is 0 Å². The average Bonchev–Trinajstić information content (AvgIpc) is 3.04. The molecule has 0 radical (unpaired) electrons. The molecule has 17 heavy (non-hydrogen) atoms. The van der Waals surface area contributed by atoms with Crippen LogP contribution in [0.25, 0.3) is 0 Å². The van der Waals surface area contributed by atoms with Gasteiger partial charge < -0.3 is 14.8 Å². The number of hydrogen-bond acceptors (Lipinski definition) is 3. The van der Waals surface area contributed by atoms with Gasteiger partial charge in [-0.1, -0.05) is 0 Å². The topological polar surface area (TPSA) is 33.1 Å². The van der Waals surface area contributed by atoms with Gasteiger partial charge in [-0.05, 0) is 40.8 Å². The minimum atomic E-state index is -0.0192. The summed E-state index contributed by atoms with van der Waals surface area (Å²) in [6.07, 6.45) is 6.65. The first-order chi connectivity index (χ1) is 8.04. The van der Waals surface area contributed by atoms with Crippen molar-refractivity contribution in [3.05, 3.63) is 18.2 Å². The van der Waals surface area contributed by atoms with Crippen LogP contribution in [0.4, 0.5) is 0 Å². The zero-order valence-electron chi connectivity index (χ0n) is 11.4. The first-order valence-corrected chi connectivity index (χ1v) is 6.44. The number of hydrogen-bond donors (Lipinski definition) is 1. The van der Waals surface area contributed by atoms with Crippen molar-refractivity contribution in [1.82, 2.24) is 19.8 Å². The van der Waals surface area contributed by atoms with Crippen molar-refractivity contribution >= 4 is 0 Å². The molecule has 4 heteroatoms. The van der Waals surface area contributed by atoms with E-state index in [1.807, 2.05) is 19.6 Å². The summed E-state index contributed by atoms with van der Waals surface area (Å²) < 4.78 is 2.26. The minimum Gasteiger partial charge on any atom is -0.332 e. The third-order valence-electron chi connectivity index (χ3n) is 3.84. The van der Waals surface area contributed by atoms with Crippen LogP contribution in [0.1, 0.15) is 32.4 Å². The number of nitrogens with one attached hydrogen (secondary N) is 1. The Bertz CT molecular complexity index is 365. The maximum absolute atomic E-state index is 4.28. The van der Waals surface area contributed by atoms with Gasteiger partial charge in [0.15, 0.2) is 0 Å². The van der Waals surface area contributed by atoms with Crippen LogP contribution >= 0.6 is 0 Å². The molecule has 1 fully saturated rings. The third-order valence-corrected chi connectivity index (χ3v) is 3.84. The molecule has 0 amide bonds. The second-order valence-electron chi connectivity index (χ2n) is 5.56. The molecular formula is C13H24N4. The number of likely N-dealkylation sites (N-methyl/N-ethyl adjacent to an activating group) is 1. The summed E-state index contributed by atoms with van der Waals surface area (Å²) in [5.74, 6) is 0. The van der Waals surface area contributed by atoms with Crippen LogP contribution < -0.4 is 5.32 Å². The average molecular weight is 236 g/mol. The Balaban J connectivity index is 1.98. The molecule has 0 aliphatic heterocycles. The Morgan fingerprint density at radius 1 is 1.53 bits per heavy atom. The Kier molecular flexibility index (Phi) is 3.54. The molecule has 4 nitrogen and oxygen atoms in total. The SMILES string of the molecule is CNC(C)(C)c1cncn1CCN(C)C1CC1. The summed E-state index contributed by atoms with van der Waals surface area (Å²) in [5.41, 5.74) is 1.23. The zero-order valence-corrected chi connectivity index (χ0v) is 11.4. The van der Waals surface area contributed by atoms with Crippen molar-refractivity contribution in [1.29, 1.82) is 0 Å². The minimum absolute atomic E-state index is 0.0192. The van der Waals surface area contributed by atoms with Crippen LogP contribution in [0.3, 0.4) is 0 Å². The van der Waals surface area contributed by atoms with Gasteiger partial charge >= 0.3 is 0 Å². The van der Waals surface area contributed by atoms with Crippen molar-refractivity contribution in [2.45, 2.75) is 44.8 Å². The standard InChI is InChI=1S/C13H24N4/c1-13(2,14-3)12-9-15-10-17(12)8-7-16(4)11-5-6-11/h9-11,14H,5-8H2,1-4H3. The molecule has 0 aromatic carbocycles. The van der Waals surface area contributed by atoms with Crippen molar-refractivity contribution in [3.63, 3.8) is 0 Å². The summed E-state index contributed by atoms with van der Waals surface area (Å²) in [6.45, 7) is 6.50. The lowest BCUT2D eigenvalue weighted by Crippen LogP contribution is -2.36. The fraction of sp³-hybridized carbons (Fsp3) is 0.769. The number of imidazole rings is 1. The van der Waals surface area contributed by atoms with E-state index in [0.29, 0.717) is 0 Å². The molecule has 1 aromatic rings. The van der Waals surface area contributed by atoms with Crippen LogP contribution in [-0.2, 0) is 12.1 Å². The molecule has 1 aliphatic carbocycles. The van der Waals surface area contributed by atoms with E-state index in [2.05, 4.69) is 40.7 Å². The molecule has 0 atom stereocenters. The van der Waals surface area contributed by atoms with Gasteiger partial charge in [0, 0.05) is 25.3 Å². The molecule has 1 aromatic heterocycles. The highest BCUT2D eigenvalue weighted by Crippen LogP contribution is 2.25. The maximum atomic E-state index is 4.28. The van der Waals surface area contributed by atoms with E-state index >= 15 is 0 Å². The summed E-state index contributed by atoms with van der Waals surface area (Å²) in [4.78, 5) is 6.73. The largest absolute Gasteiger partial charge is 0.332 e. The molecule has 2 rings (SSSR count). The molecule has 0 saturated heterocycles. The molecule has 1 heterocycles. The second kappa shape index (κ2) is 4.78. The van der Waals surface area contributed by atoms with Gasteiger partial charge in [0.2, 0.25) is 0 Å². The molecule has 1 N–H and O–H groups in total. The molecular weight excluding hydrogens is 212 g/mol. The maximum Gasteiger partial charge on any atom is 0.0949 e. The van der Waals surface area contributed by atoms with Gasteiger partial charge in [-0.15, -0.1) is 0 Å². The van der Waals surface area contributed by atoms with E-state index in [4.69, 9.17) is 0 Å². The quantitative estimate of drug-likeness (QED) is 0.811. The normalized spacial score (nSPS) is 16.8. The predicted molar refractivity (Wildman–Crippen MR) is 70.0 cm³/mol. The van der Waals surface area contributed by atoms with Crippen LogP contribution in [0, 0.1) is 0 Å². The third kappa shape index (κ3) is 2.87. The Morgan fingerprint density at radius 3 is 2.82 bits per heavy atom. The number of aromatic nitrogens is 2. The highest BCUT2D eigenvalue weighted by atomic mass is 15.2. The number of rotatable bonds is 6. The van der Waals surface area contributed by atoms with Gasteiger partial charge in [-0.25, -0.2) is 4.98 Å². The van der Waals surface area contributed by atoms with E-state index in [0.717, 1.165) is 19.1 Å². The molecule has 1 saturated carbocycles. The Labute approximate surface area is 104 Å². The van der Waals surface area contributed by atoms with Crippen LogP contribution in [0.5, 0.6) is 0 Å². The first-order valence-electron chi connectivity index (χ1n) is 6.44. The van der Waals surface area contributed by atoms with Gasteiger partial charge in [0.25, 0.3) is 0 Å². The fourth-order valence-corrected chi connectivity index (χ4v) is 2.11. The molecule has 1 aliphatic rings. The van der Waals surface area contributed by atoms with E-state index in [1.165, 1.54) is 18.5 Å². The lowest BCUT2D eigenvalue weighted by molar-refractivity contribution is 0.301. The lowest BCUT2D eigenvalue weighted by Gasteiger charge is -2.26. The van der Waals surface area contributed by atoms with Crippen LogP contribution in [0.15, 0.2) is 12.5 Å². The van der Waals surface area contributed by atoms with E-state index in [-0.39, 0.29) is 5.54 Å². The summed E-state index contributed by atoms with van der Waals surface area (Å²) in [6, 6.07) is 0.833. The highest BCUT2D eigenvalue weighted by molar-refractivity contribution is 5.10. The smallest absolute Gasteiger partial charge is 0.0949 e. The monoisotopic (exact) mass is 236 g/mol. The summed E-state index contributed by atoms with van der Waals surface area (Å²) >= 11 is 0. The van der Waals surface area contributed by atoms with Crippen molar-refractivity contribution in [2.75, 3.05) is 20.6 Å². The number of nitrogens with zero attached hydrogens (tertiary/aromatic N) is 3. The van der Waals surface area contributed by atoms with Crippen LogP contribution in [-0.4, -0.2) is 41.1 Å². The molecule has 0 unspecified atom stereocenters. The van der Waals surface area contributed by atoms with Gasteiger partial charge in [-0.2, -0.15) is 0 Å². The van der Waals surface area contributed by atoms with Gasteiger partial charge in [0.1, 0.15) is 0 Å². The van der Waals surface area contributed by atoms with Crippen molar-refractivity contribution in [3.8, 4) is 0 Å². The molecule has 0 bridgehead atoms. The second-order valence-corrected chi connectivity index (χ2v) is 5.56. The van der Waals surface area contributed by atoms with Crippen molar-refractivity contribution < 1.29 is 0 Å². The molecule has 0 spiro atoms. The summed E-state index contributed by atoms with van der Waals surface area (Å²) in [5, 5.41) is 3.33. The lowest BCUT2D eigenvalue weighted by atomic mass is 10.0. The van der Waals surface area contributed by atoms with Crippen LogP contribution in [0.2, 0.25) is 0 Å². The molecule has 96 valence electrons. The van der Waals surface area contributed by atoms with Gasteiger partial charge in [-0.3, -0.25) is 0 Å². The summed E-state index contributed by atoms with van der Waals surface area (Å²) in [7, 11) is 4.21. The highest BCUT2D eigenvalue weighted by Gasteiger charge is 2.26. The van der Waals surface area contributed by atoms with Gasteiger partial charge in [0.05, 0.1) is 17.6 Å². The van der Waals surface area contributed by atoms with E-state index in [9.17, 15) is 0 Å².